The molecule has 0 atom stereocenters. The van der Waals surface area contributed by atoms with E-state index in [4.69, 9.17) is 0 Å². The summed E-state index contributed by atoms with van der Waals surface area (Å²) in [6.45, 7) is 18.3. The smallest absolute Gasteiger partial charge is 0.178 e. The summed E-state index contributed by atoms with van der Waals surface area (Å²) < 4.78 is 4.67. The molecule has 0 amide bonds. The lowest BCUT2D eigenvalue weighted by atomic mass is 10.1. The summed E-state index contributed by atoms with van der Waals surface area (Å²) in [6, 6.07) is 21.9. The number of rotatable bonds is 19. The number of hydrogen-bond donors (Lipinski definition) is 2. The predicted octanol–water partition coefficient (Wildman–Crippen LogP) is 7.55. The van der Waals surface area contributed by atoms with Crippen molar-refractivity contribution in [3.8, 4) is 0 Å². The summed E-state index contributed by atoms with van der Waals surface area (Å²) in [5.74, 6) is 2.13. The van der Waals surface area contributed by atoms with Gasteiger partial charge in [0.15, 0.2) is 36.9 Å². The number of aromatic nitrogens is 2. The number of aryl methyl sites for hydroxylation is 6. The number of nitrogens with zero attached hydrogens (tertiary/aromatic N) is 4. The Labute approximate surface area is 308 Å². The Morgan fingerprint density at radius 3 is 1.34 bits per heavy atom. The summed E-state index contributed by atoms with van der Waals surface area (Å²) in [7, 11) is 3.89. The van der Waals surface area contributed by atoms with Crippen molar-refractivity contribution < 1.29 is 19.3 Å². The van der Waals surface area contributed by atoms with Crippen molar-refractivity contribution >= 4 is 57.3 Å². The van der Waals surface area contributed by atoms with Gasteiger partial charge in [0, 0.05) is 75.7 Å². The second kappa shape index (κ2) is 20.3. The third-order valence-electron chi connectivity index (χ3n) is 9.12. The molecular weight excluding hydrogens is 657 g/mol. The van der Waals surface area contributed by atoms with Crippen LogP contribution in [0.1, 0.15) is 58.6 Å². The first-order valence-corrected chi connectivity index (χ1v) is 20.3. The van der Waals surface area contributed by atoms with Crippen molar-refractivity contribution in [3.05, 3.63) is 118 Å². The third-order valence-corrected chi connectivity index (χ3v) is 11.5. The van der Waals surface area contributed by atoms with Crippen molar-refractivity contribution in [2.24, 2.45) is 0 Å². The fourth-order valence-corrected chi connectivity index (χ4v) is 8.00. The molecule has 4 aromatic rings. The Hall–Kier alpha value is -3.56. The van der Waals surface area contributed by atoms with Crippen molar-refractivity contribution in [1.29, 1.82) is 0 Å². The maximum atomic E-state index is 9.35. The highest BCUT2D eigenvalue weighted by Gasteiger charge is 2.11. The largest absolute Gasteiger partial charge is 0.395 e. The van der Waals surface area contributed by atoms with Crippen LogP contribution in [0.5, 0.6) is 0 Å². The number of hydrogen-bond acceptors (Lipinski definition) is 6. The minimum atomic E-state index is 0.164. The first kappa shape index (κ1) is 39.2. The highest BCUT2D eigenvalue weighted by Crippen LogP contribution is 2.23. The molecule has 0 spiro atoms. The minimum Gasteiger partial charge on any atom is -0.395 e. The quantitative estimate of drug-likeness (QED) is 0.0595. The predicted molar refractivity (Wildman–Crippen MR) is 218 cm³/mol. The standard InChI is InChI=1S/C42H56N4O2S2/c1-7-43(21-25-47)41-15-13-39(33(3)29-41)11-9-37-17-19-45(35(5)31-37)23-27-49-50-28-24-46-20-18-38(32-36(46)6)10-12-40-14-16-42(30-34(40)4)44(8-2)22-26-48/h9-20,29-32,47-48H,7-8,21-28H2,1-6H3/q+2. The summed E-state index contributed by atoms with van der Waals surface area (Å²) >= 11 is 0. The molecule has 0 fully saturated rings. The molecule has 2 heterocycles. The number of likely N-dealkylation sites (N-methyl/N-ethyl adjacent to an activating group) is 2. The van der Waals surface area contributed by atoms with Gasteiger partial charge in [-0.15, -0.1) is 0 Å². The summed E-state index contributed by atoms with van der Waals surface area (Å²) in [4.78, 5) is 4.39. The molecule has 50 heavy (non-hydrogen) atoms. The molecule has 0 aliphatic heterocycles. The van der Waals surface area contributed by atoms with Gasteiger partial charge in [0.2, 0.25) is 0 Å². The lowest BCUT2D eigenvalue weighted by molar-refractivity contribution is -0.698. The molecule has 2 N–H and O–H groups in total. The summed E-state index contributed by atoms with van der Waals surface area (Å²) in [5, 5.41) is 18.7. The lowest BCUT2D eigenvalue weighted by Crippen LogP contribution is -2.38. The monoisotopic (exact) mass is 712 g/mol. The van der Waals surface area contributed by atoms with Crippen LogP contribution < -0.4 is 18.9 Å². The first-order chi connectivity index (χ1) is 24.3. The van der Waals surface area contributed by atoms with Gasteiger partial charge in [0.1, 0.15) is 0 Å². The fourth-order valence-electron chi connectivity index (χ4n) is 6.07. The molecule has 266 valence electrons. The van der Waals surface area contributed by atoms with E-state index in [1.54, 1.807) is 0 Å². The maximum absolute atomic E-state index is 9.35. The van der Waals surface area contributed by atoms with Gasteiger partial charge in [0.05, 0.1) is 24.7 Å². The Morgan fingerprint density at radius 1 is 0.580 bits per heavy atom. The molecule has 0 saturated heterocycles. The van der Waals surface area contributed by atoms with Gasteiger partial charge in [0.25, 0.3) is 0 Å². The summed E-state index contributed by atoms with van der Waals surface area (Å²) in [6.07, 6.45) is 13.2. The third kappa shape index (κ3) is 11.5. The van der Waals surface area contributed by atoms with Crippen molar-refractivity contribution in [2.75, 3.05) is 60.7 Å². The number of pyridine rings is 2. The average Bonchev–Trinajstić information content (AvgIpc) is 3.11. The number of benzene rings is 2. The van der Waals surface area contributed by atoms with Crippen LogP contribution in [0.4, 0.5) is 11.4 Å². The second-order valence-electron chi connectivity index (χ2n) is 12.6. The van der Waals surface area contributed by atoms with E-state index in [0.717, 1.165) is 49.1 Å². The first-order valence-electron chi connectivity index (χ1n) is 17.8. The van der Waals surface area contributed by atoms with Crippen molar-refractivity contribution in [3.63, 3.8) is 0 Å². The van der Waals surface area contributed by atoms with Gasteiger partial charge in [-0.2, -0.15) is 0 Å². The van der Waals surface area contributed by atoms with E-state index >= 15 is 0 Å². The van der Waals surface area contributed by atoms with Crippen LogP contribution in [0.25, 0.3) is 24.3 Å². The van der Waals surface area contributed by atoms with Crippen LogP contribution >= 0.6 is 21.6 Å². The Bertz CT molecular complexity index is 1610. The van der Waals surface area contributed by atoms with E-state index in [1.807, 2.05) is 21.6 Å². The fraction of sp³-hybridized carbons (Fsp3) is 0.381. The van der Waals surface area contributed by atoms with Gasteiger partial charge in [-0.3, -0.25) is 0 Å². The zero-order valence-corrected chi connectivity index (χ0v) is 32.4. The number of aliphatic hydroxyl groups is 2. The SMILES string of the molecule is CCN(CCO)c1ccc(C=Cc2cc[n+](CCSSCC[n+]3ccc(C=Cc4ccc(N(CC)CCO)cc4C)cc3C)c(C)c2)c(C)c1. The molecule has 0 radical (unpaired) electrons. The van der Waals surface area contributed by atoms with Gasteiger partial charge < -0.3 is 20.0 Å². The molecule has 2 aromatic carbocycles. The molecule has 6 nitrogen and oxygen atoms in total. The van der Waals surface area contributed by atoms with Crippen molar-refractivity contribution in [1.82, 2.24) is 0 Å². The number of aliphatic hydroxyl groups excluding tert-OH is 2. The van der Waals surface area contributed by atoms with Crippen LogP contribution in [0, 0.1) is 27.7 Å². The second-order valence-corrected chi connectivity index (χ2v) is 15.3. The Morgan fingerprint density at radius 2 is 1.00 bits per heavy atom. The zero-order chi connectivity index (χ0) is 35.9. The van der Waals surface area contributed by atoms with E-state index in [0.29, 0.717) is 13.1 Å². The molecule has 0 saturated carbocycles. The molecule has 0 aliphatic carbocycles. The molecule has 2 aromatic heterocycles. The van der Waals surface area contributed by atoms with Crippen LogP contribution in [0.3, 0.4) is 0 Å². The number of anilines is 2. The van der Waals surface area contributed by atoms with E-state index in [9.17, 15) is 10.2 Å². The highest BCUT2D eigenvalue weighted by atomic mass is 33.1. The van der Waals surface area contributed by atoms with Crippen LogP contribution in [-0.4, -0.2) is 61.1 Å². The Kier molecular flexibility index (Phi) is 16.0. The molecule has 4 rings (SSSR count). The highest BCUT2D eigenvalue weighted by molar-refractivity contribution is 8.76. The van der Waals surface area contributed by atoms with Gasteiger partial charge in [-0.05, 0) is 85.3 Å². The van der Waals surface area contributed by atoms with E-state index in [-0.39, 0.29) is 13.2 Å². The average molecular weight is 713 g/mol. The van der Waals surface area contributed by atoms with Crippen LogP contribution in [0.2, 0.25) is 0 Å². The molecule has 0 unspecified atom stereocenters. The van der Waals surface area contributed by atoms with Crippen molar-refractivity contribution in [2.45, 2.75) is 54.6 Å². The maximum Gasteiger partial charge on any atom is 0.178 e. The van der Waals surface area contributed by atoms with Gasteiger partial charge in [-0.25, -0.2) is 9.13 Å². The van der Waals surface area contributed by atoms with Gasteiger partial charge in [-0.1, -0.05) is 58.0 Å². The van der Waals surface area contributed by atoms with E-state index in [2.05, 4.69) is 158 Å². The zero-order valence-electron chi connectivity index (χ0n) is 30.8. The minimum absolute atomic E-state index is 0.164. The molecule has 0 bridgehead atoms. The Balaban J connectivity index is 1.21. The molecule has 8 heteroatoms. The van der Waals surface area contributed by atoms with E-state index < -0.39 is 0 Å². The van der Waals surface area contributed by atoms with E-state index in [1.165, 1.54) is 44.8 Å². The lowest BCUT2D eigenvalue weighted by Gasteiger charge is -2.22. The normalized spacial score (nSPS) is 11.6. The van der Waals surface area contributed by atoms with Crippen LogP contribution in [0.15, 0.2) is 73.1 Å². The summed E-state index contributed by atoms with van der Waals surface area (Å²) in [5.41, 5.74) is 12.1. The van der Waals surface area contributed by atoms with Gasteiger partial charge >= 0.3 is 0 Å². The molecule has 0 aliphatic rings. The topological polar surface area (TPSA) is 54.7 Å². The molecular formula is C42H56N4O2S2+2. The van der Waals surface area contributed by atoms with Crippen LogP contribution in [-0.2, 0) is 13.1 Å².